The Balaban J connectivity index is 1.94. The van der Waals surface area contributed by atoms with Crippen LogP contribution in [0.1, 0.15) is 55.5 Å². The van der Waals surface area contributed by atoms with E-state index in [0.717, 1.165) is 6.42 Å². The molecule has 0 radical (unpaired) electrons. The van der Waals surface area contributed by atoms with E-state index in [0.29, 0.717) is 24.5 Å². The van der Waals surface area contributed by atoms with Crippen LogP contribution in [0.15, 0.2) is 24.3 Å². The molecule has 8 heteroatoms. The first kappa shape index (κ1) is 18.0. The summed E-state index contributed by atoms with van der Waals surface area (Å²) in [6.07, 6.45) is 1.32. The summed E-state index contributed by atoms with van der Waals surface area (Å²) in [5.41, 5.74) is 0.490. The number of benzene rings is 1. The Bertz CT molecular complexity index is 834. The fraction of sp³-hybridized carbons (Fsp3) is 0.444. The minimum absolute atomic E-state index is 0.00949. The van der Waals surface area contributed by atoms with Gasteiger partial charge in [-0.15, -0.1) is 5.10 Å². The van der Waals surface area contributed by atoms with Gasteiger partial charge in [-0.05, 0) is 31.0 Å². The highest BCUT2D eigenvalue weighted by Gasteiger charge is 2.33. The SMILES string of the molecule is CC(C)c1nc(C(=O)N2CCCC2CC(=O)O)nn1-c1cccc(F)c1. The van der Waals surface area contributed by atoms with Crippen molar-refractivity contribution >= 4 is 11.9 Å². The zero-order chi connectivity index (χ0) is 18.8. The van der Waals surface area contributed by atoms with E-state index >= 15 is 0 Å². The molecule has 1 atom stereocenters. The Morgan fingerprint density at radius 1 is 1.38 bits per heavy atom. The molecule has 0 saturated carbocycles. The fourth-order valence-corrected chi connectivity index (χ4v) is 3.23. The van der Waals surface area contributed by atoms with Crippen molar-refractivity contribution in [2.45, 2.75) is 45.1 Å². The summed E-state index contributed by atoms with van der Waals surface area (Å²) in [6, 6.07) is 5.59. The van der Waals surface area contributed by atoms with Crippen LogP contribution in [-0.4, -0.2) is 49.2 Å². The molecule has 26 heavy (non-hydrogen) atoms. The van der Waals surface area contributed by atoms with Crippen molar-refractivity contribution in [3.05, 3.63) is 41.7 Å². The van der Waals surface area contributed by atoms with Gasteiger partial charge < -0.3 is 10.0 Å². The zero-order valence-electron chi connectivity index (χ0n) is 14.7. The Morgan fingerprint density at radius 3 is 2.81 bits per heavy atom. The number of amides is 1. The van der Waals surface area contributed by atoms with Gasteiger partial charge in [-0.2, -0.15) is 0 Å². The van der Waals surface area contributed by atoms with Gasteiger partial charge in [0, 0.05) is 18.5 Å². The number of hydrogen-bond acceptors (Lipinski definition) is 4. The van der Waals surface area contributed by atoms with Crippen molar-refractivity contribution in [2.24, 2.45) is 0 Å². The lowest BCUT2D eigenvalue weighted by molar-refractivity contribution is -0.137. The van der Waals surface area contributed by atoms with E-state index in [1.807, 2.05) is 13.8 Å². The van der Waals surface area contributed by atoms with Crippen LogP contribution < -0.4 is 0 Å². The monoisotopic (exact) mass is 360 g/mol. The third kappa shape index (κ3) is 3.58. The summed E-state index contributed by atoms with van der Waals surface area (Å²) < 4.78 is 15.1. The molecule has 1 aromatic heterocycles. The van der Waals surface area contributed by atoms with E-state index in [2.05, 4.69) is 10.1 Å². The molecule has 2 aromatic rings. The van der Waals surface area contributed by atoms with Gasteiger partial charge >= 0.3 is 5.97 Å². The molecule has 1 unspecified atom stereocenters. The number of likely N-dealkylation sites (tertiary alicyclic amines) is 1. The Hall–Kier alpha value is -2.77. The van der Waals surface area contributed by atoms with Gasteiger partial charge in [0.15, 0.2) is 0 Å². The molecule has 1 amide bonds. The number of carbonyl (C=O) groups excluding carboxylic acids is 1. The summed E-state index contributed by atoms with van der Waals surface area (Å²) in [4.78, 5) is 29.8. The van der Waals surface area contributed by atoms with E-state index in [1.54, 1.807) is 12.1 Å². The quantitative estimate of drug-likeness (QED) is 0.885. The second kappa shape index (κ2) is 7.23. The molecule has 7 nitrogen and oxygen atoms in total. The van der Waals surface area contributed by atoms with Crippen molar-refractivity contribution in [3.63, 3.8) is 0 Å². The van der Waals surface area contributed by atoms with Gasteiger partial charge in [-0.25, -0.2) is 14.1 Å². The number of carbonyl (C=O) groups is 2. The van der Waals surface area contributed by atoms with Gasteiger partial charge in [0.1, 0.15) is 11.6 Å². The number of hydrogen-bond donors (Lipinski definition) is 1. The average Bonchev–Trinajstić information content (AvgIpc) is 3.20. The van der Waals surface area contributed by atoms with Crippen molar-refractivity contribution in [2.75, 3.05) is 6.54 Å². The molecule has 0 bridgehead atoms. The number of carboxylic acid groups (broad SMARTS) is 1. The van der Waals surface area contributed by atoms with E-state index in [-0.39, 0.29) is 30.1 Å². The summed E-state index contributed by atoms with van der Waals surface area (Å²) in [6.45, 7) is 4.32. The molecule has 0 aliphatic carbocycles. The van der Waals surface area contributed by atoms with Crippen LogP contribution in [0.2, 0.25) is 0 Å². The molecular formula is C18H21FN4O3. The molecule has 3 rings (SSSR count). The third-order valence-electron chi connectivity index (χ3n) is 4.44. The van der Waals surface area contributed by atoms with Crippen molar-refractivity contribution in [1.29, 1.82) is 0 Å². The lowest BCUT2D eigenvalue weighted by atomic mass is 10.1. The van der Waals surface area contributed by atoms with E-state index in [9.17, 15) is 14.0 Å². The van der Waals surface area contributed by atoms with Crippen molar-refractivity contribution in [1.82, 2.24) is 19.7 Å². The first-order valence-corrected chi connectivity index (χ1v) is 8.62. The molecule has 1 fully saturated rings. The van der Waals surface area contributed by atoms with Gasteiger partial charge in [0.05, 0.1) is 12.1 Å². The summed E-state index contributed by atoms with van der Waals surface area (Å²) >= 11 is 0. The van der Waals surface area contributed by atoms with Crippen LogP contribution >= 0.6 is 0 Å². The first-order valence-electron chi connectivity index (χ1n) is 8.62. The van der Waals surface area contributed by atoms with Crippen LogP contribution in [0.5, 0.6) is 0 Å². The number of aliphatic carboxylic acids is 1. The minimum atomic E-state index is -0.934. The average molecular weight is 360 g/mol. The third-order valence-corrected chi connectivity index (χ3v) is 4.44. The number of nitrogens with zero attached hydrogens (tertiary/aromatic N) is 4. The number of rotatable bonds is 5. The molecule has 1 aromatic carbocycles. The maximum Gasteiger partial charge on any atom is 0.305 e. The number of halogens is 1. The molecule has 1 aliphatic rings. The number of carboxylic acids is 1. The van der Waals surface area contributed by atoms with Crippen LogP contribution in [0, 0.1) is 5.82 Å². The van der Waals surface area contributed by atoms with Gasteiger partial charge in [-0.1, -0.05) is 19.9 Å². The summed E-state index contributed by atoms with van der Waals surface area (Å²) in [5.74, 6) is -1.19. The van der Waals surface area contributed by atoms with Crippen LogP contribution in [-0.2, 0) is 4.79 Å². The van der Waals surface area contributed by atoms with Crippen molar-refractivity contribution < 1.29 is 19.1 Å². The predicted molar refractivity (Wildman–Crippen MR) is 91.7 cm³/mol. The Labute approximate surface area is 150 Å². The topological polar surface area (TPSA) is 88.3 Å². The lowest BCUT2D eigenvalue weighted by Gasteiger charge is -2.21. The van der Waals surface area contributed by atoms with E-state index in [1.165, 1.54) is 21.7 Å². The second-order valence-electron chi connectivity index (χ2n) is 6.73. The van der Waals surface area contributed by atoms with Gasteiger partial charge in [-0.3, -0.25) is 9.59 Å². The highest BCUT2D eigenvalue weighted by atomic mass is 19.1. The molecule has 1 N–H and O–H groups in total. The molecule has 138 valence electrons. The van der Waals surface area contributed by atoms with E-state index in [4.69, 9.17) is 5.11 Å². The lowest BCUT2D eigenvalue weighted by Crippen LogP contribution is -2.37. The molecule has 0 spiro atoms. The first-order chi connectivity index (χ1) is 12.4. The highest BCUT2D eigenvalue weighted by molar-refractivity contribution is 5.91. The number of aromatic nitrogens is 3. The predicted octanol–water partition coefficient (Wildman–Crippen LogP) is 2.61. The van der Waals surface area contributed by atoms with Gasteiger partial charge in [0.2, 0.25) is 5.82 Å². The highest BCUT2D eigenvalue weighted by Crippen LogP contribution is 2.24. The molecular weight excluding hydrogens is 339 g/mol. The van der Waals surface area contributed by atoms with Crippen LogP contribution in [0.3, 0.4) is 0 Å². The maximum absolute atomic E-state index is 13.6. The fourth-order valence-electron chi connectivity index (χ4n) is 3.23. The van der Waals surface area contributed by atoms with Crippen LogP contribution in [0.4, 0.5) is 4.39 Å². The van der Waals surface area contributed by atoms with E-state index < -0.39 is 11.8 Å². The molecule has 1 saturated heterocycles. The summed E-state index contributed by atoms with van der Waals surface area (Å²) in [5, 5.41) is 13.3. The standard InChI is InChI=1S/C18H21FN4O3/c1-11(2)17-20-16(21-23(17)14-6-3-5-12(19)9-14)18(26)22-8-4-7-13(22)10-15(24)25/h3,5-6,9,11,13H,4,7-8,10H2,1-2H3,(H,24,25). The van der Waals surface area contributed by atoms with Gasteiger partial charge in [0.25, 0.3) is 5.91 Å². The largest absolute Gasteiger partial charge is 0.481 e. The van der Waals surface area contributed by atoms with Crippen LogP contribution in [0.25, 0.3) is 5.69 Å². The normalized spacial score (nSPS) is 17.1. The summed E-state index contributed by atoms with van der Waals surface area (Å²) in [7, 11) is 0. The minimum Gasteiger partial charge on any atom is -0.481 e. The zero-order valence-corrected chi connectivity index (χ0v) is 14.7. The Kier molecular flexibility index (Phi) is 5.01. The molecule has 2 heterocycles. The van der Waals surface area contributed by atoms with Crippen molar-refractivity contribution in [3.8, 4) is 5.69 Å². The Morgan fingerprint density at radius 2 is 2.15 bits per heavy atom. The maximum atomic E-state index is 13.6. The smallest absolute Gasteiger partial charge is 0.305 e. The second-order valence-corrected chi connectivity index (χ2v) is 6.73. The molecule has 1 aliphatic heterocycles.